The van der Waals surface area contributed by atoms with Gasteiger partial charge in [-0.1, -0.05) is 17.1 Å². The van der Waals surface area contributed by atoms with Gasteiger partial charge in [-0.25, -0.2) is 4.79 Å². The van der Waals surface area contributed by atoms with Gasteiger partial charge in [0, 0.05) is 17.4 Å². The molecule has 0 heterocycles. The average Bonchev–Trinajstić information content (AvgIpc) is 2.25. The first-order valence-electron chi connectivity index (χ1n) is 4.48. The van der Waals surface area contributed by atoms with E-state index in [0.29, 0.717) is 0 Å². The van der Waals surface area contributed by atoms with Crippen LogP contribution in [0.3, 0.4) is 0 Å². The SMILES string of the molecule is O=C(O)c1ccc(CCS(=O)[O-])c([N+](=O)[O-])c1. The largest absolute Gasteiger partial charge is 0.772 e. The maximum atomic E-state index is 10.7. The van der Waals surface area contributed by atoms with E-state index in [9.17, 15) is 23.7 Å². The second kappa shape index (κ2) is 5.51. The Morgan fingerprint density at radius 1 is 1.47 bits per heavy atom. The van der Waals surface area contributed by atoms with Gasteiger partial charge in [-0.05, 0) is 12.5 Å². The smallest absolute Gasteiger partial charge is 0.335 e. The van der Waals surface area contributed by atoms with Crippen molar-refractivity contribution in [3.05, 3.63) is 39.4 Å². The van der Waals surface area contributed by atoms with E-state index in [2.05, 4.69) is 0 Å². The first-order valence-corrected chi connectivity index (χ1v) is 5.72. The quantitative estimate of drug-likeness (QED) is 0.471. The van der Waals surface area contributed by atoms with Crippen LogP contribution in [-0.4, -0.2) is 30.5 Å². The Balaban J connectivity index is 3.08. The maximum Gasteiger partial charge on any atom is 0.335 e. The number of hydrogen-bond donors (Lipinski definition) is 1. The lowest BCUT2D eigenvalue weighted by Gasteiger charge is -2.06. The molecule has 0 aliphatic carbocycles. The third-order valence-electron chi connectivity index (χ3n) is 2.07. The lowest BCUT2D eigenvalue weighted by molar-refractivity contribution is -0.385. The van der Waals surface area contributed by atoms with Crippen molar-refractivity contribution >= 4 is 22.7 Å². The normalized spacial score (nSPS) is 12.1. The Morgan fingerprint density at radius 2 is 2.12 bits per heavy atom. The van der Waals surface area contributed by atoms with Crippen LogP contribution in [0.5, 0.6) is 0 Å². The zero-order valence-electron chi connectivity index (χ0n) is 8.49. The molecular formula is C9H8NO6S-. The van der Waals surface area contributed by atoms with Gasteiger partial charge >= 0.3 is 5.97 Å². The van der Waals surface area contributed by atoms with Crippen molar-refractivity contribution < 1.29 is 23.6 Å². The highest BCUT2D eigenvalue weighted by Crippen LogP contribution is 2.21. The van der Waals surface area contributed by atoms with Gasteiger partial charge in [0.1, 0.15) is 0 Å². The number of hydrogen-bond acceptors (Lipinski definition) is 5. The van der Waals surface area contributed by atoms with Crippen molar-refractivity contribution in [2.75, 3.05) is 5.75 Å². The second-order valence-electron chi connectivity index (χ2n) is 3.16. The summed E-state index contributed by atoms with van der Waals surface area (Å²) in [6, 6.07) is 3.39. The maximum absolute atomic E-state index is 10.7. The average molecular weight is 258 g/mol. The molecule has 92 valence electrons. The zero-order valence-corrected chi connectivity index (χ0v) is 9.31. The van der Waals surface area contributed by atoms with Crippen LogP contribution in [0.4, 0.5) is 5.69 Å². The van der Waals surface area contributed by atoms with Crippen LogP contribution in [0.2, 0.25) is 0 Å². The Morgan fingerprint density at radius 3 is 2.59 bits per heavy atom. The first-order chi connectivity index (χ1) is 7.91. The number of carbonyl (C=O) groups is 1. The summed E-state index contributed by atoms with van der Waals surface area (Å²) >= 11 is -2.29. The van der Waals surface area contributed by atoms with E-state index in [0.717, 1.165) is 6.07 Å². The fourth-order valence-electron chi connectivity index (χ4n) is 1.27. The van der Waals surface area contributed by atoms with Gasteiger partial charge in [-0.3, -0.25) is 14.3 Å². The van der Waals surface area contributed by atoms with Gasteiger partial charge in [0.15, 0.2) is 0 Å². The van der Waals surface area contributed by atoms with Crippen LogP contribution in [0, 0.1) is 10.1 Å². The highest BCUT2D eigenvalue weighted by Gasteiger charge is 2.16. The molecule has 0 aliphatic heterocycles. The highest BCUT2D eigenvalue weighted by atomic mass is 32.2. The summed E-state index contributed by atoms with van der Waals surface area (Å²) in [5.74, 6) is -1.51. The van der Waals surface area contributed by atoms with Gasteiger partial charge in [-0.2, -0.15) is 0 Å². The van der Waals surface area contributed by atoms with E-state index in [4.69, 9.17) is 5.11 Å². The molecule has 7 nitrogen and oxygen atoms in total. The van der Waals surface area contributed by atoms with Gasteiger partial charge in [0.05, 0.1) is 10.5 Å². The monoisotopic (exact) mass is 258 g/mol. The summed E-state index contributed by atoms with van der Waals surface area (Å²) in [6.07, 6.45) is -0.0215. The molecule has 8 heteroatoms. The summed E-state index contributed by atoms with van der Waals surface area (Å²) in [7, 11) is 0. The number of carboxylic acids is 1. The number of carboxylic acid groups (broad SMARTS) is 1. The van der Waals surface area contributed by atoms with Crippen LogP contribution >= 0.6 is 0 Å². The number of nitrogens with zero attached hydrogens (tertiary/aromatic N) is 1. The van der Waals surface area contributed by atoms with Crippen molar-refractivity contribution in [3.63, 3.8) is 0 Å². The molecule has 0 amide bonds. The van der Waals surface area contributed by atoms with E-state index in [1.165, 1.54) is 12.1 Å². The molecule has 1 unspecified atom stereocenters. The number of aromatic carboxylic acids is 1. The van der Waals surface area contributed by atoms with Crippen molar-refractivity contribution in [1.29, 1.82) is 0 Å². The number of aryl methyl sites for hydroxylation is 1. The number of nitro groups is 1. The zero-order chi connectivity index (χ0) is 13.0. The summed E-state index contributed by atoms with van der Waals surface area (Å²) in [5, 5.41) is 19.4. The van der Waals surface area contributed by atoms with Crippen LogP contribution in [-0.2, 0) is 17.5 Å². The van der Waals surface area contributed by atoms with Gasteiger partial charge in [0.2, 0.25) is 0 Å². The summed E-state index contributed by atoms with van der Waals surface area (Å²) in [6.45, 7) is 0. The fraction of sp³-hybridized carbons (Fsp3) is 0.222. The minimum absolute atomic E-state index is 0.0215. The minimum Gasteiger partial charge on any atom is -0.772 e. The predicted molar refractivity (Wildman–Crippen MR) is 57.5 cm³/mol. The summed E-state index contributed by atoms with van der Waals surface area (Å²) < 4.78 is 20.7. The molecule has 0 fully saturated rings. The van der Waals surface area contributed by atoms with Crippen molar-refractivity contribution in [2.24, 2.45) is 0 Å². The van der Waals surface area contributed by atoms with Gasteiger partial charge < -0.3 is 9.66 Å². The topological polar surface area (TPSA) is 121 Å². The molecule has 1 atom stereocenters. The van der Waals surface area contributed by atoms with Crippen LogP contribution in [0.15, 0.2) is 18.2 Å². The molecule has 0 spiro atoms. The lowest BCUT2D eigenvalue weighted by atomic mass is 10.1. The molecule has 1 N–H and O–H groups in total. The molecule has 0 aromatic heterocycles. The Kier molecular flexibility index (Phi) is 4.30. The van der Waals surface area contributed by atoms with Crippen molar-refractivity contribution in [3.8, 4) is 0 Å². The minimum atomic E-state index is -2.29. The Hall–Kier alpha value is -1.80. The number of benzene rings is 1. The Labute approximate surface area is 98.5 Å². The molecule has 1 aromatic carbocycles. The molecule has 1 aromatic rings. The fourth-order valence-corrected chi connectivity index (χ4v) is 1.66. The number of rotatable bonds is 5. The predicted octanol–water partition coefficient (Wildman–Crippen LogP) is 0.715. The lowest BCUT2D eigenvalue weighted by Crippen LogP contribution is -2.05. The van der Waals surface area contributed by atoms with Crippen LogP contribution < -0.4 is 0 Å². The van der Waals surface area contributed by atoms with E-state index < -0.39 is 22.0 Å². The molecule has 17 heavy (non-hydrogen) atoms. The second-order valence-corrected chi connectivity index (χ2v) is 4.18. The van der Waals surface area contributed by atoms with Crippen LogP contribution in [0.1, 0.15) is 15.9 Å². The molecule has 1 rings (SSSR count). The molecule has 0 saturated carbocycles. The van der Waals surface area contributed by atoms with E-state index in [1.54, 1.807) is 0 Å². The van der Waals surface area contributed by atoms with E-state index >= 15 is 0 Å². The van der Waals surface area contributed by atoms with Gasteiger partial charge in [0.25, 0.3) is 5.69 Å². The van der Waals surface area contributed by atoms with E-state index in [-0.39, 0.29) is 29.0 Å². The van der Waals surface area contributed by atoms with E-state index in [1.807, 2.05) is 0 Å². The summed E-state index contributed by atoms with van der Waals surface area (Å²) in [5.41, 5.74) is -0.386. The molecule has 0 radical (unpaired) electrons. The van der Waals surface area contributed by atoms with Crippen molar-refractivity contribution in [1.82, 2.24) is 0 Å². The van der Waals surface area contributed by atoms with Gasteiger partial charge in [-0.15, -0.1) is 0 Å². The van der Waals surface area contributed by atoms with Crippen molar-refractivity contribution in [2.45, 2.75) is 6.42 Å². The standard InChI is InChI=1S/C9H9NO6S/c11-9(12)7-2-1-6(3-4-17(15)16)8(5-7)10(13)14/h1-2,5H,3-4H2,(H,11,12)(H,15,16)/p-1. The van der Waals surface area contributed by atoms with Crippen LogP contribution in [0.25, 0.3) is 0 Å². The molecule has 0 aliphatic rings. The third-order valence-corrected chi connectivity index (χ3v) is 2.60. The molecule has 0 bridgehead atoms. The third kappa shape index (κ3) is 3.61. The molecule has 0 saturated heterocycles. The highest BCUT2D eigenvalue weighted by molar-refractivity contribution is 7.79. The molecular weight excluding hydrogens is 250 g/mol. The first kappa shape index (κ1) is 13.3. The Bertz CT molecular complexity index is 486. The summed E-state index contributed by atoms with van der Waals surface area (Å²) in [4.78, 5) is 20.6. The number of nitro benzene ring substituents is 1.